The van der Waals surface area contributed by atoms with Crippen molar-refractivity contribution < 1.29 is 4.79 Å². The van der Waals surface area contributed by atoms with Crippen LogP contribution in [0.1, 0.15) is 15.9 Å². The molecule has 2 heterocycles. The Bertz CT molecular complexity index is 879. The monoisotopic (exact) mass is 293 g/mol. The fourth-order valence-electron chi connectivity index (χ4n) is 3.30. The van der Waals surface area contributed by atoms with E-state index in [1.165, 1.54) is 0 Å². The number of nitrogens with zero attached hydrogens (tertiary/aromatic N) is 2. The number of fused-ring (bicyclic) bond motifs is 5. The van der Waals surface area contributed by atoms with Gasteiger partial charge in [0.05, 0.1) is 5.56 Å². The van der Waals surface area contributed by atoms with E-state index in [1.54, 1.807) is 0 Å². The van der Waals surface area contributed by atoms with Gasteiger partial charge in [0.2, 0.25) is 0 Å². The molecular formula is C18H19N3O. The van der Waals surface area contributed by atoms with Crippen LogP contribution in [-0.4, -0.2) is 47.9 Å². The van der Waals surface area contributed by atoms with Gasteiger partial charge in [-0.05, 0) is 31.8 Å². The van der Waals surface area contributed by atoms with Gasteiger partial charge in [-0.25, -0.2) is 0 Å². The molecule has 0 unspecified atom stereocenters. The first-order valence-corrected chi connectivity index (χ1v) is 7.61. The van der Waals surface area contributed by atoms with Gasteiger partial charge in [-0.1, -0.05) is 24.3 Å². The van der Waals surface area contributed by atoms with Crippen LogP contribution in [-0.2, 0) is 6.54 Å². The Kier molecular flexibility index (Phi) is 2.94. The summed E-state index contributed by atoms with van der Waals surface area (Å²) in [6.07, 6.45) is 0. The van der Waals surface area contributed by atoms with Crippen LogP contribution in [0.4, 0.5) is 0 Å². The van der Waals surface area contributed by atoms with Gasteiger partial charge >= 0.3 is 0 Å². The molecule has 4 rings (SSSR count). The highest BCUT2D eigenvalue weighted by Crippen LogP contribution is 2.34. The minimum atomic E-state index is 0.159. The molecule has 2 aromatic carbocycles. The molecule has 0 bridgehead atoms. The topological polar surface area (TPSA) is 39.3 Å². The fraction of sp³-hybridized carbons (Fsp3) is 0.278. The second kappa shape index (κ2) is 4.85. The Morgan fingerprint density at radius 1 is 1.14 bits per heavy atom. The third kappa shape index (κ3) is 1.91. The van der Waals surface area contributed by atoms with E-state index < -0.39 is 0 Å². The number of amides is 1. The number of benzene rings is 2. The smallest absolute Gasteiger partial charge is 0.255 e. The molecule has 0 saturated heterocycles. The van der Waals surface area contributed by atoms with Gasteiger partial charge in [0, 0.05) is 41.4 Å². The highest BCUT2D eigenvalue weighted by atomic mass is 16.2. The first kappa shape index (κ1) is 13.3. The highest BCUT2D eigenvalue weighted by Gasteiger charge is 2.30. The first-order valence-electron chi connectivity index (χ1n) is 7.61. The van der Waals surface area contributed by atoms with Crippen molar-refractivity contribution in [3.8, 4) is 0 Å². The van der Waals surface area contributed by atoms with Gasteiger partial charge in [0.1, 0.15) is 0 Å². The summed E-state index contributed by atoms with van der Waals surface area (Å²) < 4.78 is 0. The van der Waals surface area contributed by atoms with Crippen LogP contribution in [0.5, 0.6) is 0 Å². The van der Waals surface area contributed by atoms with E-state index in [0.29, 0.717) is 0 Å². The molecule has 0 fully saturated rings. The van der Waals surface area contributed by atoms with Crippen molar-refractivity contribution in [3.05, 3.63) is 47.5 Å². The quantitative estimate of drug-likeness (QED) is 0.806. The lowest BCUT2D eigenvalue weighted by Crippen LogP contribution is -2.31. The van der Waals surface area contributed by atoms with Crippen molar-refractivity contribution in [2.24, 2.45) is 0 Å². The molecule has 1 aromatic heterocycles. The summed E-state index contributed by atoms with van der Waals surface area (Å²) >= 11 is 0. The van der Waals surface area contributed by atoms with Gasteiger partial charge in [0.25, 0.3) is 5.91 Å². The van der Waals surface area contributed by atoms with Crippen LogP contribution in [0.25, 0.3) is 21.8 Å². The van der Waals surface area contributed by atoms with E-state index in [0.717, 1.165) is 52.6 Å². The summed E-state index contributed by atoms with van der Waals surface area (Å²) in [5, 5.41) is 2.21. The number of hydrogen-bond donors (Lipinski definition) is 1. The van der Waals surface area contributed by atoms with Crippen LogP contribution in [0.3, 0.4) is 0 Å². The Morgan fingerprint density at radius 3 is 2.77 bits per heavy atom. The molecule has 0 spiro atoms. The number of rotatable bonds is 3. The Hall–Kier alpha value is -2.33. The van der Waals surface area contributed by atoms with Gasteiger partial charge in [0.15, 0.2) is 0 Å². The number of hydrogen-bond acceptors (Lipinski definition) is 2. The summed E-state index contributed by atoms with van der Waals surface area (Å²) in [6, 6.07) is 12.4. The number of para-hydroxylation sites is 1. The maximum absolute atomic E-state index is 12.9. The lowest BCUT2D eigenvalue weighted by Gasteiger charge is -2.18. The summed E-state index contributed by atoms with van der Waals surface area (Å²) in [7, 11) is 4.07. The lowest BCUT2D eigenvalue weighted by atomic mass is 10.0. The van der Waals surface area contributed by atoms with E-state index >= 15 is 0 Å². The van der Waals surface area contributed by atoms with E-state index in [4.69, 9.17) is 0 Å². The summed E-state index contributed by atoms with van der Waals surface area (Å²) in [6.45, 7) is 2.37. The van der Waals surface area contributed by atoms with Crippen molar-refractivity contribution in [2.45, 2.75) is 6.54 Å². The predicted octanol–water partition coefficient (Wildman–Crippen LogP) is 2.84. The first-order chi connectivity index (χ1) is 10.6. The van der Waals surface area contributed by atoms with E-state index in [9.17, 15) is 4.79 Å². The lowest BCUT2D eigenvalue weighted by molar-refractivity contribution is 0.0769. The molecule has 22 heavy (non-hydrogen) atoms. The Labute approximate surface area is 129 Å². The second-order valence-electron chi connectivity index (χ2n) is 6.22. The fourth-order valence-corrected chi connectivity index (χ4v) is 3.30. The van der Waals surface area contributed by atoms with Crippen LogP contribution in [0, 0.1) is 0 Å². The number of carbonyl (C=O) groups excluding carboxylic acids is 1. The number of nitrogens with one attached hydrogen (secondary N) is 1. The molecular weight excluding hydrogens is 274 g/mol. The molecule has 0 saturated carbocycles. The molecule has 0 atom stereocenters. The number of H-pyrrole nitrogens is 1. The maximum Gasteiger partial charge on any atom is 0.255 e. The van der Waals surface area contributed by atoms with Crippen molar-refractivity contribution >= 4 is 27.7 Å². The van der Waals surface area contributed by atoms with Gasteiger partial charge in [-0.15, -0.1) is 0 Å². The molecule has 112 valence electrons. The summed E-state index contributed by atoms with van der Waals surface area (Å²) in [5.41, 5.74) is 4.16. The van der Waals surface area contributed by atoms with Crippen LogP contribution < -0.4 is 0 Å². The number of likely N-dealkylation sites (N-methyl/N-ethyl adjacent to an activating group) is 1. The molecule has 4 heteroatoms. The molecule has 0 aliphatic carbocycles. The van der Waals surface area contributed by atoms with Crippen LogP contribution >= 0.6 is 0 Å². The standard InChI is InChI=1S/C18H19N3O/c1-20(2)9-10-21-11-12-7-8-15-17(16(12)18(21)22)13-5-3-4-6-14(13)19-15/h3-8,19H,9-11H2,1-2H3. The Balaban J connectivity index is 1.85. The Morgan fingerprint density at radius 2 is 1.95 bits per heavy atom. The van der Waals surface area contributed by atoms with Crippen molar-refractivity contribution in [1.29, 1.82) is 0 Å². The summed E-state index contributed by atoms with van der Waals surface area (Å²) in [4.78, 5) is 20.3. The maximum atomic E-state index is 12.9. The number of aromatic amines is 1. The van der Waals surface area contributed by atoms with E-state index in [1.807, 2.05) is 31.1 Å². The van der Waals surface area contributed by atoms with E-state index in [-0.39, 0.29) is 5.91 Å². The average molecular weight is 293 g/mol. The molecule has 1 aliphatic rings. The van der Waals surface area contributed by atoms with Crippen molar-refractivity contribution in [2.75, 3.05) is 27.2 Å². The van der Waals surface area contributed by atoms with Gasteiger partial charge in [-0.2, -0.15) is 0 Å². The van der Waals surface area contributed by atoms with E-state index in [2.05, 4.69) is 34.1 Å². The minimum absolute atomic E-state index is 0.159. The molecule has 1 aliphatic heterocycles. The molecule has 3 aromatic rings. The molecule has 1 amide bonds. The molecule has 4 nitrogen and oxygen atoms in total. The molecule has 1 N–H and O–H groups in total. The zero-order valence-electron chi connectivity index (χ0n) is 12.9. The van der Waals surface area contributed by atoms with Crippen molar-refractivity contribution in [1.82, 2.24) is 14.8 Å². The number of aromatic nitrogens is 1. The second-order valence-corrected chi connectivity index (χ2v) is 6.22. The zero-order chi connectivity index (χ0) is 15.3. The van der Waals surface area contributed by atoms with Gasteiger partial charge in [-0.3, -0.25) is 4.79 Å². The third-order valence-corrected chi connectivity index (χ3v) is 4.44. The third-order valence-electron chi connectivity index (χ3n) is 4.44. The normalized spacial score (nSPS) is 14.5. The zero-order valence-corrected chi connectivity index (χ0v) is 12.9. The largest absolute Gasteiger partial charge is 0.354 e. The van der Waals surface area contributed by atoms with Crippen LogP contribution in [0.15, 0.2) is 36.4 Å². The SMILES string of the molecule is CN(C)CCN1Cc2ccc3[nH]c4ccccc4c3c2C1=O. The van der Waals surface area contributed by atoms with Gasteiger partial charge < -0.3 is 14.8 Å². The minimum Gasteiger partial charge on any atom is -0.354 e. The van der Waals surface area contributed by atoms with Crippen molar-refractivity contribution in [3.63, 3.8) is 0 Å². The van der Waals surface area contributed by atoms with Crippen LogP contribution in [0.2, 0.25) is 0 Å². The number of carbonyl (C=O) groups is 1. The average Bonchev–Trinajstić information content (AvgIpc) is 3.03. The highest BCUT2D eigenvalue weighted by molar-refractivity contribution is 6.19. The predicted molar refractivity (Wildman–Crippen MR) is 89.1 cm³/mol. The molecule has 0 radical (unpaired) electrons. The summed E-state index contributed by atoms with van der Waals surface area (Å²) in [5.74, 6) is 0.159.